The number of carbonyl (C=O) groups excluding carboxylic acids is 1. The SMILES string of the molecule is C=CCC(N)C(=O)Nc1ccc(C(=O)O)c(C)c1. The van der Waals surface area contributed by atoms with Gasteiger partial charge in [-0.05, 0) is 37.1 Å². The number of nitrogens with one attached hydrogen (secondary N) is 1. The molecule has 5 heteroatoms. The molecule has 1 aromatic rings. The Labute approximate surface area is 105 Å². The molecule has 1 rings (SSSR count). The zero-order valence-corrected chi connectivity index (χ0v) is 10.1. The summed E-state index contributed by atoms with van der Waals surface area (Å²) in [7, 11) is 0. The molecule has 1 aromatic carbocycles. The molecule has 0 bridgehead atoms. The van der Waals surface area contributed by atoms with Gasteiger partial charge in [-0.2, -0.15) is 0 Å². The van der Waals surface area contributed by atoms with Gasteiger partial charge in [0.1, 0.15) is 0 Å². The van der Waals surface area contributed by atoms with Crippen molar-refractivity contribution >= 4 is 17.6 Å². The summed E-state index contributed by atoms with van der Waals surface area (Å²) >= 11 is 0. The highest BCUT2D eigenvalue weighted by Crippen LogP contribution is 2.15. The van der Waals surface area contributed by atoms with Crippen LogP contribution in [-0.4, -0.2) is 23.0 Å². The number of amides is 1. The van der Waals surface area contributed by atoms with Gasteiger partial charge in [0, 0.05) is 5.69 Å². The molecule has 0 radical (unpaired) electrons. The molecule has 0 saturated carbocycles. The van der Waals surface area contributed by atoms with Crippen molar-refractivity contribution in [1.29, 1.82) is 0 Å². The Balaban J connectivity index is 2.80. The van der Waals surface area contributed by atoms with Crippen molar-refractivity contribution in [3.63, 3.8) is 0 Å². The number of aryl methyl sites for hydroxylation is 1. The van der Waals surface area contributed by atoms with Crippen LogP contribution >= 0.6 is 0 Å². The zero-order valence-electron chi connectivity index (χ0n) is 10.1. The highest BCUT2D eigenvalue weighted by Gasteiger charge is 2.13. The second-order valence-corrected chi connectivity index (χ2v) is 3.95. The topological polar surface area (TPSA) is 92.4 Å². The number of hydrogen-bond donors (Lipinski definition) is 3. The van der Waals surface area contributed by atoms with Crippen molar-refractivity contribution in [3.05, 3.63) is 42.0 Å². The van der Waals surface area contributed by atoms with Gasteiger partial charge in [-0.1, -0.05) is 6.08 Å². The number of hydrogen-bond acceptors (Lipinski definition) is 3. The lowest BCUT2D eigenvalue weighted by atomic mass is 10.1. The molecular formula is C13H16N2O3. The summed E-state index contributed by atoms with van der Waals surface area (Å²) in [5.41, 5.74) is 6.94. The van der Waals surface area contributed by atoms with E-state index >= 15 is 0 Å². The highest BCUT2D eigenvalue weighted by atomic mass is 16.4. The first-order chi connectivity index (χ1) is 8.45. The van der Waals surface area contributed by atoms with E-state index in [0.29, 0.717) is 17.7 Å². The molecule has 0 aliphatic heterocycles. The monoisotopic (exact) mass is 248 g/mol. The number of aromatic carboxylic acids is 1. The van der Waals surface area contributed by atoms with E-state index in [0.717, 1.165) is 0 Å². The molecule has 18 heavy (non-hydrogen) atoms. The minimum absolute atomic E-state index is 0.211. The quantitative estimate of drug-likeness (QED) is 0.689. The number of benzene rings is 1. The maximum absolute atomic E-state index is 11.6. The third kappa shape index (κ3) is 3.43. The maximum atomic E-state index is 11.6. The molecule has 0 aliphatic carbocycles. The Morgan fingerprint density at radius 3 is 2.72 bits per heavy atom. The van der Waals surface area contributed by atoms with Gasteiger partial charge in [0.25, 0.3) is 0 Å². The van der Waals surface area contributed by atoms with Crippen LogP contribution in [0.3, 0.4) is 0 Å². The fourth-order valence-corrected chi connectivity index (χ4v) is 1.50. The molecule has 0 aliphatic rings. The van der Waals surface area contributed by atoms with Gasteiger partial charge in [0.15, 0.2) is 0 Å². The summed E-state index contributed by atoms with van der Waals surface area (Å²) in [6, 6.07) is 3.94. The summed E-state index contributed by atoms with van der Waals surface area (Å²) in [4.78, 5) is 22.5. The third-order valence-electron chi connectivity index (χ3n) is 2.48. The van der Waals surface area contributed by atoms with Crippen molar-refractivity contribution in [2.45, 2.75) is 19.4 Å². The van der Waals surface area contributed by atoms with Crippen LogP contribution in [0.15, 0.2) is 30.9 Å². The molecule has 96 valence electrons. The maximum Gasteiger partial charge on any atom is 0.335 e. The van der Waals surface area contributed by atoms with Crippen molar-refractivity contribution in [2.75, 3.05) is 5.32 Å². The summed E-state index contributed by atoms with van der Waals surface area (Å²) in [5.74, 6) is -1.31. The molecule has 0 saturated heterocycles. The Kier molecular flexibility index (Phi) is 4.62. The van der Waals surface area contributed by atoms with Crippen molar-refractivity contribution in [3.8, 4) is 0 Å². The fraction of sp³-hybridized carbons (Fsp3) is 0.231. The van der Waals surface area contributed by atoms with Crippen LogP contribution < -0.4 is 11.1 Å². The van der Waals surface area contributed by atoms with E-state index in [9.17, 15) is 9.59 Å². The van der Waals surface area contributed by atoms with Gasteiger partial charge >= 0.3 is 5.97 Å². The fourth-order valence-electron chi connectivity index (χ4n) is 1.50. The van der Waals surface area contributed by atoms with Crippen LogP contribution in [0.1, 0.15) is 22.3 Å². The van der Waals surface area contributed by atoms with Crippen molar-refractivity contribution in [1.82, 2.24) is 0 Å². The largest absolute Gasteiger partial charge is 0.478 e. The molecule has 0 aromatic heterocycles. The van der Waals surface area contributed by atoms with Gasteiger partial charge in [-0.15, -0.1) is 6.58 Å². The Morgan fingerprint density at radius 2 is 2.22 bits per heavy atom. The Bertz CT molecular complexity index is 483. The molecule has 5 nitrogen and oxygen atoms in total. The van der Waals surface area contributed by atoms with Crippen LogP contribution in [0.2, 0.25) is 0 Å². The summed E-state index contributed by atoms with van der Waals surface area (Å²) in [6.45, 7) is 5.18. The molecule has 4 N–H and O–H groups in total. The van der Waals surface area contributed by atoms with Crippen LogP contribution in [0.5, 0.6) is 0 Å². The molecule has 1 amide bonds. The van der Waals surface area contributed by atoms with E-state index in [1.165, 1.54) is 12.1 Å². The molecular weight excluding hydrogens is 232 g/mol. The average Bonchev–Trinajstić information content (AvgIpc) is 2.28. The first kappa shape index (κ1) is 13.9. The number of carboxylic acid groups (broad SMARTS) is 1. The van der Waals surface area contributed by atoms with E-state index in [1.807, 2.05) is 0 Å². The van der Waals surface area contributed by atoms with E-state index in [-0.39, 0.29) is 11.5 Å². The van der Waals surface area contributed by atoms with E-state index < -0.39 is 12.0 Å². The predicted octanol–water partition coefficient (Wildman–Crippen LogP) is 1.54. The Hall–Kier alpha value is -2.14. The van der Waals surface area contributed by atoms with Crippen molar-refractivity contribution < 1.29 is 14.7 Å². The molecule has 0 spiro atoms. The second kappa shape index (κ2) is 5.97. The van der Waals surface area contributed by atoms with Crippen LogP contribution in [-0.2, 0) is 4.79 Å². The van der Waals surface area contributed by atoms with Crippen molar-refractivity contribution in [2.24, 2.45) is 5.73 Å². The number of nitrogens with two attached hydrogens (primary N) is 1. The van der Waals surface area contributed by atoms with Gasteiger partial charge in [0.2, 0.25) is 5.91 Å². The smallest absolute Gasteiger partial charge is 0.335 e. The highest BCUT2D eigenvalue weighted by molar-refractivity contribution is 5.96. The normalized spacial score (nSPS) is 11.7. The number of rotatable bonds is 5. The molecule has 0 heterocycles. The first-order valence-electron chi connectivity index (χ1n) is 5.47. The van der Waals surface area contributed by atoms with Crippen LogP contribution in [0, 0.1) is 6.92 Å². The van der Waals surface area contributed by atoms with E-state index in [1.54, 1.807) is 19.1 Å². The van der Waals surface area contributed by atoms with Gasteiger partial charge in [-0.25, -0.2) is 4.79 Å². The van der Waals surface area contributed by atoms with Crippen LogP contribution in [0.25, 0.3) is 0 Å². The van der Waals surface area contributed by atoms with Gasteiger partial charge < -0.3 is 16.2 Å². The average molecular weight is 248 g/mol. The zero-order chi connectivity index (χ0) is 13.7. The number of anilines is 1. The minimum atomic E-state index is -0.992. The van der Waals surface area contributed by atoms with Crippen LogP contribution in [0.4, 0.5) is 5.69 Å². The summed E-state index contributed by atoms with van der Waals surface area (Å²) < 4.78 is 0. The minimum Gasteiger partial charge on any atom is -0.478 e. The number of carboxylic acids is 1. The van der Waals surface area contributed by atoms with Gasteiger partial charge in [-0.3, -0.25) is 4.79 Å². The standard InChI is InChI=1S/C13H16N2O3/c1-3-4-11(14)12(16)15-9-5-6-10(13(17)18)8(2)7-9/h3,5-7,11H,1,4,14H2,2H3,(H,15,16)(H,17,18). The lowest BCUT2D eigenvalue weighted by molar-refractivity contribution is -0.117. The second-order valence-electron chi connectivity index (χ2n) is 3.95. The molecule has 0 fully saturated rings. The molecule has 1 atom stereocenters. The first-order valence-corrected chi connectivity index (χ1v) is 5.47. The van der Waals surface area contributed by atoms with E-state index in [2.05, 4.69) is 11.9 Å². The summed E-state index contributed by atoms with van der Waals surface area (Å²) in [6.07, 6.45) is 1.96. The summed E-state index contributed by atoms with van der Waals surface area (Å²) in [5, 5.41) is 11.5. The van der Waals surface area contributed by atoms with Gasteiger partial charge in [0.05, 0.1) is 11.6 Å². The predicted molar refractivity (Wildman–Crippen MR) is 69.6 cm³/mol. The number of carbonyl (C=O) groups is 2. The van der Waals surface area contributed by atoms with E-state index in [4.69, 9.17) is 10.8 Å². The molecule has 1 unspecified atom stereocenters. The lowest BCUT2D eigenvalue weighted by Gasteiger charge is -2.11. The third-order valence-corrected chi connectivity index (χ3v) is 2.48. The Morgan fingerprint density at radius 1 is 1.56 bits per heavy atom. The lowest BCUT2D eigenvalue weighted by Crippen LogP contribution is -2.35.